The molecule has 2 heterocycles. The van der Waals surface area contributed by atoms with Crippen LogP contribution in [0, 0.1) is 44.8 Å². The molecule has 0 radical (unpaired) electrons. The number of aryl methyl sites for hydroxylation is 2. The summed E-state index contributed by atoms with van der Waals surface area (Å²) in [6.07, 6.45) is 0. The van der Waals surface area contributed by atoms with E-state index in [9.17, 15) is 14.4 Å². The van der Waals surface area contributed by atoms with Crippen molar-refractivity contribution < 1.29 is 9.18 Å². The number of carbonyl (C=O) groups is 1. The molecular weight excluding hydrogens is 389 g/mol. The van der Waals surface area contributed by atoms with Crippen LogP contribution in [0.1, 0.15) is 28.3 Å². The van der Waals surface area contributed by atoms with Crippen LogP contribution < -0.4 is 5.32 Å². The standard InChI is InChI=1S/C21H20FN5OS/c1-12-8-20(25-15(4)24-12)29-11-19(28)26-21-18(10-23)13(2)14(3)27(21)17-7-5-6-16(22)9-17/h5-9H,11H2,1-4H3,(H,26,28). The zero-order chi connectivity index (χ0) is 21.1. The van der Waals surface area contributed by atoms with Crippen molar-refractivity contribution in [3.63, 3.8) is 0 Å². The van der Waals surface area contributed by atoms with Crippen molar-refractivity contribution in [3.8, 4) is 11.8 Å². The van der Waals surface area contributed by atoms with Crippen molar-refractivity contribution >= 4 is 23.5 Å². The van der Waals surface area contributed by atoms with Gasteiger partial charge >= 0.3 is 0 Å². The van der Waals surface area contributed by atoms with Crippen molar-refractivity contribution in [2.45, 2.75) is 32.7 Å². The van der Waals surface area contributed by atoms with Crippen LogP contribution in [0.25, 0.3) is 5.69 Å². The number of amides is 1. The number of carbonyl (C=O) groups excluding carboxylic acids is 1. The van der Waals surface area contributed by atoms with Gasteiger partial charge in [0.1, 0.15) is 28.6 Å². The molecule has 0 bridgehead atoms. The van der Waals surface area contributed by atoms with Gasteiger partial charge in [-0.3, -0.25) is 9.36 Å². The summed E-state index contributed by atoms with van der Waals surface area (Å²) in [6, 6.07) is 10.00. The molecule has 0 saturated heterocycles. The summed E-state index contributed by atoms with van der Waals surface area (Å²) in [6.45, 7) is 7.31. The van der Waals surface area contributed by atoms with Gasteiger partial charge in [0, 0.05) is 11.4 Å². The van der Waals surface area contributed by atoms with E-state index < -0.39 is 5.82 Å². The number of hydrogen-bond donors (Lipinski definition) is 1. The lowest BCUT2D eigenvalue weighted by atomic mass is 10.2. The molecule has 3 rings (SSSR count). The second kappa shape index (κ2) is 8.45. The zero-order valence-corrected chi connectivity index (χ0v) is 17.4. The van der Waals surface area contributed by atoms with E-state index in [1.54, 1.807) is 30.5 Å². The highest BCUT2D eigenvalue weighted by molar-refractivity contribution is 7.99. The minimum Gasteiger partial charge on any atom is -0.310 e. The van der Waals surface area contributed by atoms with Crippen LogP contribution in [-0.2, 0) is 4.79 Å². The Kier molecular flexibility index (Phi) is 5.99. The molecule has 0 spiro atoms. The van der Waals surface area contributed by atoms with Gasteiger partial charge in [-0.1, -0.05) is 17.8 Å². The van der Waals surface area contributed by atoms with Gasteiger partial charge in [0.05, 0.1) is 17.0 Å². The molecule has 148 valence electrons. The van der Waals surface area contributed by atoms with E-state index in [4.69, 9.17) is 0 Å². The third-order valence-corrected chi connectivity index (χ3v) is 5.35. The van der Waals surface area contributed by atoms with Crippen LogP contribution in [0.15, 0.2) is 35.4 Å². The highest BCUT2D eigenvalue weighted by atomic mass is 32.2. The molecule has 0 atom stereocenters. The lowest BCUT2D eigenvalue weighted by Crippen LogP contribution is -2.18. The fourth-order valence-electron chi connectivity index (χ4n) is 3.06. The van der Waals surface area contributed by atoms with Gasteiger partial charge in [-0.25, -0.2) is 14.4 Å². The SMILES string of the molecule is Cc1cc(SCC(=O)Nc2c(C#N)c(C)c(C)n2-c2cccc(F)c2)nc(C)n1. The normalized spacial score (nSPS) is 10.6. The number of nitrogens with one attached hydrogen (secondary N) is 1. The first kappa shape index (κ1) is 20.6. The molecule has 1 amide bonds. The van der Waals surface area contributed by atoms with Gasteiger partial charge < -0.3 is 5.32 Å². The Bertz CT molecular complexity index is 1110. The fraction of sp³-hybridized carbons (Fsp3) is 0.238. The first-order chi connectivity index (χ1) is 13.8. The molecule has 29 heavy (non-hydrogen) atoms. The molecule has 1 N–H and O–H groups in total. The van der Waals surface area contributed by atoms with Crippen LogP contribution in [0.3, 0.4) is 0 Å². The molecule has 0 aliphatic heterocycles. The smallest absolute Gasteiger partial charge is 0.235 e. The lowest BCUT2D eigenvalue weighted by Gasteiger charge is -2.13. The summed E-state index contributed by atoms with van der Waals surface area (Å²) >= 11 is 1.29. The molecule has 2 aromatic heterocycles. The topological polar surface area (TPSA) is 83.6 Å². The molecule has 8 heteroatoms. The van der Waals surface area contributed by atoms with Crippen LogP contribution in [0.2, 0.25) is 0 Å². The Morgan fingerprint density at radius 2 is 2.00 bits per heavy atom. The van der Waals surface area contributed by atoms with Crippen molar-refractivity contribution in [3.05, 3.63) is 64.5 Å². The van der Waals surface area contributed by atoms with Gasteiger partial charge in [0.25, 0.3) is 0 Å². The maximum Gasteiger partial charge on any atom is 0.235 e. The predicted octanol–water partition coefficient (Wildman–Crippen LogP) is 4.24. The monoisotopic (exact) mass is 409 g/mol. The Balaban J connectivity index is 1.89. The van der Waals surface area contributed by atoms with Crippen molar-refractivity contribution in [1.29, 1.82) is 5.26 Å². The molecule has 0 aliphatic carbocycles. The summed E-state index contributed by atoms with van der Waals surface area (Å²) in [5.41, 5.74) is 3.23. The summed E-state index contributed by atoms with van der Waals surface area (Å²) < 4.78 is 15.5. The number of anilines is 1. The van der Waals surface area contributed by atoms with Crippen LogP contribution >= 0.6 is 11.8 Å². The number of hydrogen-bond acceptors (Lipinski definition) is 5. The summed E-state index contributed by atoms with van der Waals surface area (Å²) in [5.74, 6) is 0.428. The molecule has 6 nitrogen and oxygen atoms in total. The minimum absolute atomic E-state index is 0.118. The third kappa shape index (κ3) is 4.46. The van der Waals surface area contributed by atoms with Gasteiger partial charge in [-0.05, 0) is 57.5 Å². The largest absolute Gasteiger partial charge is 0.310 e. The van der Waals surface area contributed by atoms with E-state index >= 15 is 0 Å². The molecule has 1 aromatic carbocycles. The number of nitriles is 1. The van der Waals surface area contributed by atoms with E-state index in [0.29, 0.717) is 27.9 Å². The van der Waals surface area contributed by atoms with Crippen LogP contribution in [0.5, 0.6) is 0 Å². The van der Waals surface area contributed by atoms with Crippen molar-refractivity contribution in [1.82, 2.24) is 14.5 Å². The van der Waals surface area contributed by atoms with E-state index in [-0.39, 0.29) is 11.7 Å². The van der Waals surface area contributed by atoms with E-state index in [2.05, 4.69) is 21.4 Å². The summed E-state index contributed by atoms with van der Waals surface area (Å²) in [4.78, 5) is 21.2. The first-order valence-corrected chi connectivity index (χ1v) is 9.91. The van der Waals surface area contributed by atoms with Crippen molar-refractivity contribution in [2.75, 3.05) is 11.1 Å². The zero-order valence-electron chi connectivity index (χ0n) is 16.6. The maximum atomic E-state index is 13.8. The van der Waals surface area contributed by atoms with E-state index in [1.165, 1.54) is 23.9 Å². The Hall–Kier alpha value is -3.18. The molecule has 0 unspecified atom stereocenters. The van der Waals surface area contributed by atoms with Crippen LogP contribution in [0.4, 0.5) is 10.2 Å². The molecule has 0 aliphatic rings. The number of benzene rings is 1. The second-order valence-electron chi connectivity index (χ2n) is 6.59. The van der Waals surface area contributed by atoms with Crippen LogP contribution in [-0.4, -0.2) is 26.2 Å². The van der Waals surface area contributed by atoms with E-state index in [1.807, 2.05) is 19.9 Å². The number of rotatable bonds is 5. The van der Waals surface area contributed by atoms with E-state index in [0.717, 1.165) is 17.0 Å². The van der Waals surface area contributed by atoms with Crippen molar-refractivity contribution in [2.24, 2.45) is 0 Å². The number of halogens is 1. The molecule has 3 aromatic rings. The number of thioether (sulfide) groups is 1. The lowest BCUT2D eigenvalue weighted by molar-refractivity contribution is -0.113. The molecule has 0 fully saturated rings. The molecule has 0 saturated carbocycles. The minimum atomic E-state index is -0.394. The highest BCUT2D eigenvalue weighted by Crippen LogP contribution is 2.30. The fourth-order valence-corrected chi connectivity index (χ4v) is 3.87. The highest BCUT2D eigenvalue weighted by Gasteiger charge is 2.21. The summed E-state index contributed by atoms with van der Waals surface area (Å²) in [7, 11) is 0. The van der Waals surface area contributed by atoms with Gasteiger partial charge in [0.15, 0.2) is 0 Å². The second-order valence-corrected chi connectivity index (χ2v) is 7.59. The third-order valence-electron chi connectivity index (χ3n) is 4.44. The van der Waals surface area contributed by atoms with Gasteiger partial charge in [-0.2, -0.15) is 5.26 Å². The van der Waals surface area contributed by atoms with Gasteiger partial charge in [0.2, 0.25) is 5.91 Å². The maximum absolute atomic E-state index is 13.8. The Morgan fingerprint density at radius 1 is 1.24 bits per heavy atom. The Morgan fingerprint density at radius 3 is 2.66 bits per heavy atom. The quantitative estimate of drug-likeness (QED) is 0.503. The average molecular weight is 409 g/mol. The average Bonchev–Trinajstić information content (AvgIpc) is 2.89. The summed E-state index contributed by atoms with van der Waals surface area (Å²) in [5, 5.41) is 13.1. The molecular formula is C21H20FN5OS. The Labute approximate surface area is 172 Å². The first-order valence-electron chi connectivity index (χ1n) is 8.93. The predicted molar refractivity (Wildman–Crippen MR) is 111 cm³/mol. The van der Waals surface area contributed by atoms with Gasteiger partial charge in [-0.15, -0.1) is 0 Å². The number of nitrogens with zero attached hydrogens (tertiary/aromatic N) is 4. The number of aromatic nitrogens is 3.